The fourth-order valence-corrected chi connectivity index (χ4v) is 4.80. The van der Waals surface area contributed by atoms with E-state index < -0.39 is 0 Å². The Labute approximate surface area is 154 Å². The molecule has 5 unspecified atom stereocenters. The Kier molecular flexibility index (Phi) is 12.2. The van der Waals surface area contributed by atoms with Crippen molar-refractivity contribution in [1.82, 2.24) is 0 Å². The minimum Gasteiger partial charge on any atom is -0.0654 e. The number of rotatable bonds is 9. The van der Waals surface area contributed by atoms with Crippen molar-refractivity contribution in [3.8, 4) is 0 Å². The van der Waals surface area contributed by atoms with Crippen LogP contribution >= 0.6 is 0 Å². The zero-order valence-corrected chi connectivity index (χ0v) is 17.8. The summed E-state index contributed by atoms with van der Waals surface area (Å²) < 4.78 is 0. The van der Waals surface area contributed by atoms with E-state index in [1.165, 1.54) is 89.9 Å². The third-order valence-electron chi connectivity index (χ3n) is 6.91. The van der Waals surface area contributed by atoms with Crippen LogP contribution in [0.4, 0.5) is 0 Å². The molecule has 0 aliphatic heterocycles. The molecule has 0 N–H and O–H groups in total. The van der Waals surface area contributed by atoms with Crippen molar-refractivity contribution < 1.29 is 0 Å². The molecule has 0 saturated heterocycles. The highest BCUT2D eigenvalue weighted by Crippen LogP contribution is 2.35. The fraction of sp³-hybridized carbons (Fsp3) is 1.00. The van der Waals surface area contributed by atoms with Crippen LogP contribution in [-0.2, 0) is 0 Å². The van der Waals surface area contributed by atoms with Gasteiger partial charge in [0, 0.05) is 0 Å². The van der Waals surface area contributed by atoms with Gasteiger partial charge in [0.05, 0.1) is 0 Å². The second-order valence-corrected chi connectivity index (χ2v) is 9.42. The first-order valence-corrected chi connectivity index (χ1v) is 11.6. The third kappa shape index (κ3) is 9.47. The van der Waals surface area contributed by atoms with Gasteiger partial charge in [-0.25, -0.2) is 0 Å². The molecule has 0 spiro atoms. The van der Waals surface area contributed by atoms with E-state index in [0.29, 0.717) is 0 Å². The van der Waals surface area contributed by atoms with Crippen LogP contribution in [0, 0.1) is 29.6 Å². The van der Waals surface area contributed by atoms with Crippen molar-refractivity contribution in [2.24, 2.45) is 29.6 Å². The van der Waals surface area contributed by atoms with Gasteiger partial charge in [-0.05, 0) is 36.0 Å². The van der Waals surface area contributed by atoms with Crippen LogP contribution in [0.2, 0.25) is 0 Å². The second kappa shape index (κ2) is 13.2. The van der Waals surface area contributed by atoms with Gasteiger partial charge in [0.15, 0.2) is 0 Å². The highest BCUT2D eigenvalue weighted by atomic mass is 14.3. The molecule has 5 atom stereocenters. The lowest BCUT2D eigenvalue weighted by molar-refractivity contribution is 0.214. The van der Waals surface area contributed by atoms with Gasteiger partial charge in [-0.1, -0.05) is 118 Å². The first-order chi connectivity index (χ1) is 11.6. The van der Waals surface area contributed by atoms with Gasteiger partial charge in [0.2, 0.25) is 0 Å². The maximum atomic E-state index is 2.56. The summed E-state index contributed by atoms with van der Waals surface area (Å²) in [5, 5.41) is 0. The Bertz CT molecular complexity index is 282. The SMILES string of the molecule is CCCCC(C)C(CCCC)CC1CCCC(C)CCC(C)CC1. The van der Waals surface area contributed by atoms with Crippen molar-refractivity contribution in [1.29, 1.82) is 0 Å². The molecule has 1 aliphatic rings. The molecule has 1 saturated carbocycles. The summed E-state index contributed by atoms with van der Waals surface area (Å²) in [5.41, 5.74) is 0. The zero-order chi connectivity index (χ0) is 17.8. The van der Waals surface area contributed by atoms with Crippen LogP contribution in [0.1, 0.15) is 125 Å². The Morgan fingerprint density at radius 2 is 1.33 bits per heavy atom. The molecular weight excluding hydrogens is 288 g/mol. The molecule has 0 radical (unpaired) electrons. The minimum atomic E-state index is 0.947. The summed E-state index contributed by atoms with van der Waals surface area (Å²) in [6.45, 7) is 12.3. The highest BCUT2D eigenvalue weighted by molar-refractivity contribution is 4.74. The lowest BCUT2D eigenvalue weighted by Crippen LogP contribution is -2.18. The smallest absolute Gasteiger partial charge is 0.0386 e. The van der Waals surface area contributed by atoms with E-state index in [1.54, 1.807) is 0 Å². The third-order valence-corrected chi connectivity index (χ3v) is 6.91. The first-order valence-electron chi connectivity index (χ1n) is 11.6. The molecule has 0 amide bonds. The van der Waals surface area contributed by atoms with Gasteiger partial charge >= 0.3 is 0 Å². The highest BCUT2D eigenvalue weighted by Gasteiger charge is 2.22. The molecule has 0 aromatic heterocycles. The van der Waals surface area contributed by atoms with E-state index in [-0.39, 0.29) is 0 Å². The second-order valence-electron chi connectivity index (χ2n) is 9.42. The Morgan fingerprint density at radius 1 is 0.750 bits per heavy atom. The van der Waals surface area contributed by atoms with E-state index in [2.05, 4.69) is 34.6 Å². The fourth-order valence-electron chi connectivity index (χ4n) is 4.80. The van der Waals surface area contributed by atoms with Gasteiger partial charge in [-0.15, -0.1) is 0 Å². The molecular formula is C24H48. The van der Waals surface area contributed by atoms with Crippen molar-refractivity contribution in [3.63, 3.8) is 0 Å². The summed E-state index contributed by atoms with van der Waals surface area (Å²) in [7, 11) is 0. The molecule has 0 bridgehead atoms. The molecule has 0 heteroatoms. The summed E-state index contributed by atoms with van der Waals surface area (Å²) in [5.74, 6) is 4.88. The molecule has 24 heavy (non-hydrogen) atoms. The first kappa shape index (κ1) is 22.0. The van der Waals surface area contributed by atoms with Crippen LogP contribution in [0.25, 0.3) is 0 Å². The van der Waals surface area contributed by atoms with Crippen molar-refractivity contribution >= 4 is 0 Å². The largest absolute Gasteiger partial charge is 0.0654 e. The summed E-state index contributed by atoms with van der Waals surface area (Å²) in [6, 6.07) is 0. The number of hydrogen-bond acceptors (Lipinski definition) is 0. The van der Waals surface area contributed by atoms with E-state index >= 15 is 0 Å². The average Bonchev–Trinajstić information content (AvgIpc) is 2.58. The van der Waals surface area contributed by atoms with Crippen LogP contribution in [0.3, 0.4) is 0 Å². The molecule has 1 rings (SSSR count). The van der Waals surface area contributed by atoms with Crippen molar-refractivity contribution in [2.45, 2.75) is 125 Å². The monoisotopic (exact) mass is 336 g/mol. The standard InChI is InChI=1S/C24H48/c1-6-8-12-22(5)24(14-9-7-2)19-23-13-10-11-20(3)15-16-21(4)17-18-23/h20-24H,6-19H2,1-5H3. The van der Waals surface area contributed by atoms with Gasteiger partial charge in [-0.3, -0.25) is 0 Å². The molecule has 0 aromatic carbocycles. The quantitative estimate of drug-likeness (QED) is 0.395. The molecule has 144 valence electrons. The van der Waals surface area contributed by atoms with Crippen molar-refractivity contribution in [2.75, 3.05) is 0 Å². The predicted octanol–water partition coefficient (Wildman–Crippen LogP) is 8.64. The molecule has 0 nitrogen and oxygen atoms in total. The lowest BCUT2D eigenvalue weighted by Gasteiger charge is -2.30. The normalized spacial score (nSPS) is 29.1. The van der Waals surface area contributed by atoms with E-state index in [1.807, 2.05) is 0 Å². The zero-order valence-electron chi connectivity index (χ0n) is 17.8. The Balaban J connectivity index is 2.58. The number of hydrogen-bond donors (Lipinski definition) is 0. The lowest BCUT2D eigenvalue weighted by atomic mass is 9.76. The van der Waals surface area contributed by atoms with Gasteiger partial charge in [-0.2, -0.15) is 0 Å². The summed E-state index contributed by atoms with van der Waals surface area (Å²) in [4.78, 5) is 0. The summed E-state index contributed by atoms with van der Waals surface area (Å²) >= 11 is 0. The predicted molar refractivity (Wildman–Crippen MR) is 110 cm³/mol. The topological polar surface area (TPSA) is 0 Å². The van der Waals surface area contributed by atoms with Gasteiger partial charge in [0.25, 0.3) is 0 Å². The minimum absolute atomic E-state index is 0.947. The van der Waals surface area contributed by atoms with E-state index in [4.69, 9.17) is 0 Å². The van der Waals surface area contributed by atoms with Crippen LogP contribution in [0.5, 0.6) is 0 Å². The molecule has 1 aliphatic carbocycles. The van der Waals surface area contributed by atoms with E-state index in [0.717, 1.165) is 29.6 Å². The Morgan fingerprint density at radius 3 is 2.00 bits per heavy atom. The van der Waals surface area contributed by atoms with Crippen molar-refractivity contribution in [3.05, 3.63) is 0 Å². The number of unbranched alkanes of at least 4 members (excludes halogenated alkanes) is 2. The van der Waals surface area contributed by atoms with Crippen LogP contribution in [-0.4, -0.2) is 0 Å². The molecule has 1 fully saturated rings. The summed E-state index contributed by atoms with van der Waals surface area (Å²) in [6.07, 6.45) is 20.5. The van der Waals surface area contributed by atoms with Crippen LogP contribution < -0.4 is 0 Å². The van der Waals surface area contributed by atoms with E-state index in [9.17, 15) is 0 Å². The van der Waals surface area contributed by atoms with Crippen LogP contribution in [0.15, 0.2) is 0 Å². The van der Waals surface area contributed by atoms with Gasteiger partial charge < -0.3 is 0 Å². The maximum absolute atomic E-state index is 2.56. The van der Waals surface area contributed by atoms with Gasteiger partial charge in [0.1, 0.15) is 0 Å². The maximum Gasteiger partial charge on any atom is -0.0386 e. The molecule has 0 aromatic rings. The Hall–Kier alpha value is 0. The average molecular weight is 337 g/mol. The molecule has 0 heterocycles.